The van der Waals surface area contributed by atoms with E-state index in [4.69, 9.17) is 10.5 Å². The van der Waals surface area contributed by atoms with Crippen LogP contribution in [-0.4, -0.2) is 28.6 Å². The summed E-state index contributed by atoms with van der Waals surface area (Å²) in [7, 11) is -2.04. The van der Waals surface area contributed by atoms with Crippen LogP contribution in [0.3, 0.4) is 0 Å². The predicted octanol–water partition coefficient (Wildman–Crippen LogP) is 1.08. The first-order valence-corrected chi connectivity index (χ1v) is 7.32. The number of methoxy groups -OCH3 is 1. The average Bonchev–Trinajstić information content (AvgIpc) is 2.29. The van der Waals surface area contributed by atoms with E-state index in [-0.39, 0.29) is 4.90 Å². The minimum Gasteiger partial charge on any atom is -0.497 e. The van der Waals surface area contributed by atoms with Gasteiger partial charge in [-0.05, 0) is 41.0 Å². The molecular formula is C10H15BrN2O3S. The summed E-state index contributed by atoms with van der Waals surface area (Å²) in [5, 5.41) is 0. The van der Waals surface area contributed by atoms with Gasteiger partial charge in [0.15, 0.2) is 0 Å². The summed E-state index contributed by atoms with van der Waals surface area (Å²) in [4.78, 5) is 0.161. The maximum atomic E-state index is 12.0. The Labute approximate surface area is 110 Å². The van der Waals surface area contributed by atoms with Gasteiger partial charge < -0.3 is 10.5 Å². The van der Waals surface area contributed by atoms with Crippen molar-refractivity contribution in [3.8, 4) is 5.75 Å². The normalized spacial score (nSPS) is 11.5. The zero-order valence-corrected chi connectivity index (χ0v) is 11.8. The zero-order valence-electron chi connectivity index (χ0n) is 9.44. The van der Waals surface area contributed by atoms with Crippen LogP contribution in [-0.2, 0) is 10.0 Å². The van der Waals surface area contributed by atoms with Gasteiger partial charge in [-0.2, -0.15) is 0 Å². The lowest BCUT2D eigenvalue weighted by atomic mass is 10.3. The second-order valence-corrected chi connectivity index (χ2v) is 5.93. The highest BCUT2D eigenvalue weighted by Gasteiger charge is 2.17. The van der Waals surface area contributed by atoms with Crippen LogP contribution >= 0.6 is 15.9 Å². The second-order valence-electron chi connectivity index (χ2n) is 3.34. The number of hydrogen-bond donors (Lipinski definition) is 2. The molecule has 0 aliphatic heterocycles. The molecule has 17 heavy (non-hydrogen) atoms. The highest BCUT2D eigenvalue weighted by atomic mass is 79.9. The fourth-order valence-corrected chi connectivity index (χ4v) is 3.25. The van der Waals surface area contributed by atoms with E-state index in [1.807, 2.05) is 0 Å². The molecule has 1 aromatic carbocycles. The van der Waals surface area contributed by atoms with E-state index >= 15 is 0 Å². The molecular weight excluding hydrogens is 308 g/mol. The molecule has 0 fully saturated rings. The molecule has 0 aliphatic carbocycles. The van der Waals surface area contributed by atoms with Crippen LogP contribution in [0, 0.1) is 0 Å². The highest BCUT2D eigenvalue weighted by Crippen LogP contribution is 2.26. The van der Waals surface area contributed by atoms with Gasteiger partial charge in [0.05, 0.1) is 12.0 Å². The van der Waals surface area contributed by atoms with Gasteiger partial charge in [0.1, 0.15) is 5.75 Å². The fraction of sp³-hybridized carbons (Fsp3) is 0.400. The molecule has 0 saturated carbocycles. The third-order valence-electron chi connectivity index (χ3n) is 2.10. The molecule has 0 heterocycles. The summed E-state index contributed by atoms with van der Waals surface area (Å²) in [6.07, 6.45) is 0.598. The summed E-state index contributed by atoms with van der Waals surface area (Å²) in [5.41, 5.74) is 5.31. The Hall–Kier alpha value is -0.630. The van der Waals surface area contributed by atoms with Crippen molar-refractivity contribution in [3.63, 3.8) is 0 Å². The van der Waals surface area contributed by atoms with Crippen molar-refractivity contribution in [2.24, 2.45) is 5.73 Å². The molecule has 0 aromatic heterocycles. The van der Waals surface area contributed by atoms with Crippen LogP contribution in [0.1, 0.15) is 6.42 Å². The molecule has 0 spiro atoms. The standard InChI is InChI=1S/C10H15BrN2O3S/c1-16-8-3-4-9(11)10(7-8)17(14,15)13-6-2-5-12/h3-4,7,13H,2,5-6,12H2,1H3. The number of hydrogen-bond acceptors (Lipinski definition) is 4. The van der Waals surface area contributed by atoms with Crippen molar-refractivity contribution in [2.75, 3.05) is 20.2 Å². The molecule has 1 aromatic rings. The van der Waals surface area contributed by atoms with Gasteiger partial charge in [-0.25, -0.2) is 13.1 Å². The molecule has 0 amide bonds. The fourth-order valence-electron chi connectivity index (χ4n) is 1.20. The van der Waals surface area contributed by atoms with Gasteiger partial charge in [-0.1, -0.05) is 0 Å². The number of benzene rings is 1. The summed E-state index contributed by atoms with van der Waals surface area (Å²) >= 11 is 3.21. The van der Waals surface area contributed by atoms with Gasteiger partial charge >= 0.3 is 0 Å². The lowest BCUT2D eigenvalue weighted by Crippen LogP contribution is -2.26. The molecule has 3 N–H and O–H groups in total. The quantitative estimate of drug-likeness (QED) is 0.768. The van der Waals surface area contributed by atoms with Gasteiger partial charge in [-0.15, -0.1) is 0 Å². The van der Waals surface area contributed by atoms with Crippen LogP contribution in [0.2, 0.25) is 0 Å². The molecule has 0 atom stereocenters. The van der Waals surface area contributed by atoms with Crippen LogP contribution in [0.4, 0.5) is 0 Å². The summed E-state index contributed by atoms with van der Waals surface area (Å²) in [6, 6.07) is 4.79. The molecule has 7 heteroatoms. The van der Waals surface area contributed by atoms with Crippen molar-refractivity contribution < 1.29 is 13.2 Å². The monoisotopic (exact) mass is 322 g/mol. The number of nitrogens with two attached hydrogens (primary N) is 1. The van der Waals surface area contributed by atoms with Crippen molar-refractivity contribution in [2.45, 2.75) is 11.3 Å². The third-order valence-corrected chi connectivity index (χ3v) is 4.56. The first-order chi connectivity index (χ1) is 8.01. The summed E-state index contributed by atoms with van der Waals surface area (Å²) in [5.74, 6) is 0.493. The topological polar surface area (TPSA) is 81.4 Å². The predicted molar refractivity (Wildman–Crippen MR) is 69.6 cm³/mol. The first-order valence-electron chi connectivity index (χ1n) is 5.04. The SMILES string of the molecule is COc1ccc(Br)c(S(=O)(=O)NCCCN)c1. The van der Waals surface area contributed by atoms with Crippen molar-refractivity contribution in [1.82, 2.24) is 4.72 Å². The molecule has 5 nitrogen and oxygen atoms in total. The van der Waals surface area contributed by atoms with Gasteiger partial charge in [0.25, 0.3) is 0 Å². The van der Waals surface area contributed by atoms with Crippen LogP contribution in [0.5, 0.6) is 5.75 Å². The van der Waals surface area contributed by atoms with Gasteiger partial charge in [0.2, 0.25) is 10.0 Å². The number of ether oxygens (including phenoxy) is 1. The molecule has 0 saturated heterocycles. The van der Waals surface area contributed by atoms with E-state index in [0.717, 1.165) is 0 Å². The zero-order chi connectivity index (χ0) is 12.9. The minimum atomic E-state index is -3.53. The number of halogens is 1. The van der Waals surface area contributed by atoms with E-state index < -0.39 is 10.0 Å². The van der Waals surface area contributed by atoms with Crippen LogP contribution < -0.4 is 15.2 Å². The van der Waals surface area contributed by atoms with Crippen LogP contribution in [0.15, 0.2) is 27.6 Å². The number of sulfonamides is 1. The van der Waals surface area contributed by atoms with Crippen molar-refractivity contribution in [1.29, 1.82) is 0 Å². The van der Waals surface area contributed by atoms with Gasteiger partial charge in [-0.3, -0.25) is 0 Å². The maximum Gasteiger partial charge on any atom is 0.241 e. The minimum absolute atomic E-state index is 0.161. The van der Waals surface area contributed by atoms with Crippen LogP contribution in [0.25, 0.3) is 0 Å². The second kappa shape index (κ2) is 6.34. The van der Waals surface area contributed by atoms with Crippen molar-refractivity contribution in [3.05, 3.63) is 22.7 Å². The molecule has 96 valence electrons. The molecule has 0 unspecified atom stereocenters. The average molecular weight is 323 g/mol. The Kier molecular flexibility index (Phi) is 5.38. The Morgan fingerprint density at radius 3 is 2.76 bits per heavy atom. The lowest BCUT2D eigenvalue weighted by molar-refractivity contribution is 0.413. The number of rotatable bonds is 6. The van der Waals surface area contributed by atoms with E-state index in [9.17, 15) is 8.42 Å². The highest BCUT2D eigenvalue weighted by molar-refractivity contribution is 9.10. The smallest absolute Gasteiger partial charge is 0.241 e. The Morgan fingerprint density at radius 2 is 2.18 bits per heavy atom. The van der Waals surface area contributed by atoms with Gasteiger partial charge in [0, 0.05) is 17.1 Å². The lowest BCUT2D eigenvalue weighted by Gasteiger charge is -2.09. The van der Waals surface area contributed by atoms with E-state index in [2.05, 4.69) is 20.7 Å². The Balaban J connectivity index is 2.97. The summed E-state index contributed by atoms with van der Waals surface area (Å²) < 4.78 is 31.9. The van der Waals surface area contributed by atoms with E-state index in [1.54, 1.807) is 12.1 Å². The summed E-state index contributed by atoms with van der Waals surface area (Å²) in [6.45, 7) is 0.768. The third kappa shape index (κ3) is 3.95. The first kappa shape index (κ1) is 14.4. The Morgan fingerprint density at radius 1 is 1.47 bits per heavy atom. The number of nitrogens with one attached hydrogen (secondary N) is 1. The molecule has 0 aliphatic rings. The maximum absolute atomic E-state index is 12.0. The molecule has 1 rings (SSSR count). The molecule has 0 radical (unpaired) electrons. The van der Waals surface area contributed by atoms with E-state index in [0.29, 0.717) is 29.7 Å². The largest absolute Gasteiger partial charge is 0.497 e. The van der Waals surface area contributed by atoms with E-state index in [1.165, 1.54) is 13.2 Å². The van der Waals surface area contributed by atoms with Crippen molar-refractivity contribution >= 4 is 26.0 Å². The molecule has 0 bridgehead atoms. The Bertz CT molecular complexity index is 476.